The van der Waals surface area contributed by atoms with E-state index in [4.69, 9.17) is 10.5 Å². The summed E-state index contributed by atoms with van der Waals surface area (Å²) < 4.78 is 19.3. The fraction of sp³-hybridized carbons (Fsp3) is 0.0556. The van der Waals surface area contributed by atoms with E-state index in [1.165, 1.54) is 12.1 Å². The molecule has 0 aliphatic heterocycles. The summed E-state index contributed by atoms with van der Waals surface area (Å²) in [5.41, 5.74) is 9.36. The van der Waals surface area contributed by atoms with Gasteiger partial charge in [-0.3, -0.25) is 0 Å². The summed E-state index contributed by atoms with van der Waals surface area (Å²) in [5, 5.41) is 10.4. The maximum atomic E-state index is 13.4. The zero-order valence-corrected chi connectivity index (χ0v) is 13.1. The molecule has 4 aromatic rings. The van der Waals surface area contributed by atoms with Crippen LogP contribution in [-0.2, 0) is 6.61 Å². The number of H-pyrrole nitrogens is 1. The highest BCUT2D eigenvalue weighted by molar-refractivity contribution is 5.78. The van der Waals surface area contributed by atoms with E-state index in [-0.39, 0.29) is 5.82 Å². The van der Waals surface area contributed by atoms with Gasteiger partial charge in [-0.25, -0.2) is 9.37 Å². The van der Waals surface area contributed by atoms with Crippen molar-refractivity contribution in [3.63, 3.8) is 0 Å². The third kappa shape index (κ3) is 3.12. The molecule has 6 nitrogen and oxygen atoms in total. The van der Waals surface area contributed by atoms with Gasteiger partial charge in [-0.15, -0.1) is 5.10 Å². The van der Waals surface area contributed by atoms with E-state index in [1.54, 1.807) is 12.1 Å². The Bertz CT molecular complexity index is 1050. The molecule has 4 rings (SSSR count). The molecule has 3 N–H and O–H groups in total. The van der Waals surface area contributed by atoms with E-state index in [1.807, 2.05) is 30.3 Å². The highest BCUT2D eigenvalue weighted by atomic mass is 19.1. The minimum atomic E-state index is -0.264. The molecule has 7 heteroatoms. The number of hydrogen-bond donors (Lipinski definition) is 2. The molecule has 2 aromatic heterocycles. The number of halogens is 1. The Labute approximate surface area is 142 Å². The lowest BCUT2D eigenvalue weighted by molar-refractivity contribution is 0.309. The van der Waals surface area contributed by atoms with E-state index < -0.39 is 0 Å². The van der Waals surface area contributed by atoms with E-state index in [0.29, 0.717) is 29.3 Å². The number of nitrogen functional groups attached to an aromatic ring is 1. The van der Waals surface area contributed by atoms with Crippen molar-refractivity contribution < 1.29 is 9.13 Å². The molecule has 0 aliphatic rings. The van der Waals surface area contributed by atoms with Crippen LogP contribution in [0.3, 0.4) is 0 Å². The van der Waals surface area contributed by atoms with Crippen LogP contribution in [0.25, 0.3) is 22.3 Å². The summed E-state index contributed by atoms with van der Waals surface area (Å²) in [6, 6.07) is 15.8. The number of pyridine rings is 1. The summed E-state index contributed by atoms with van der Waals surface area (Å²) >= 11 is 0. The molecule has 0 unspecified atom stereocenters. The van der Waals surface area contributed by atoms with Gasteiger partial charge in [-0.1, -0.05) is 30.3 Å². The normalized spacial score (nSPS) is 10.9. The zero-order chi connectivity index (χ0) is 17.2. The average Bonchev–Trinajstić information content (AvgIpc) is 3.08. The minimum Gasteiger partial charge on any atom is -0.486 e. The fourth-order valence-electron chi connectivity index (χ4n) is 2.61. The van der Waals surface area contributed by atoms with Gasteiger partial charge in [0, 0.05) is 6.07 Å². The number of aromatic amines is 1. The maximum absolute atomic E-state index is 13.4. The molecule has 124 valence electrons. The Morgan fingerprint density at radius 2 is 1.80 bits per heavy atom. The van der Waals surface area contributed by atoms with Gasteiger partial charge in [0.05, 0.1) is 0 Å². The molecule has 0 bridgehead atoms. The van der Waals surface area contributed by atoms with Crippen molar-refractivity contribution in [2.45, 2.75) is 6.61 Å². The van der Waals surface area contributed by atoms with Crippen LogP contribution in [0.1, 0.15) is 5.56 Å². The first kappa shape index (κ1) is 15.1. The van der Waals surface area contributed by atoms with Crippen LogP contribution in [0, 0.1) is 5.82 Å². The lowest BCUT2D eigenvalue weighted by Crippen LogP contribution is -1.99. The van der Waals surface area contributed by atoms with Gasteiger partial charge in [0.2, 0.25) is 5.65 Å². The third-order valence-corrected chi connectivity index (χ3v) is 3.76. The lowest BCUT2D eigenvalue weighted by Gasteiger charge is -2.09. The molecular formula is C18H14FN5O. The molecular weight excluding hydrogens is 321 g/mol. The highest BCUT2D eigenvalue weighted by Crippen LogP contribution is 2.25. The lowest BCUT2D eigenvalue weighted by atomic mass is 10.0. The van der Waals surface area contributed by atoms with Crippen molar-refractivity contribution in [2.24, 2.45) is 0 Å². The van der Waals surface area contributed by atoms with Gasteiger partial charge in [-0.05, 0) is 34.9 Å². The number of anilines is 1. The molecule has 0 aliphatic carbocycles. The van der Waals surface area contributed by atoms with Gasteiger partial charge >= 0.3 is 0 Å². The Kier molecular flexibility index (Phi) is 3.74. The second kappa shape index (κ2) is 6.20. The topological polar surface area (TPSA) is 89.7 Å². The third-order valence-electron chi connectivity index (χ3n) is 3.76. The molecule has 0 spiro atoms. The second-order valence-corrected chi connectivity index (χ2v) is 5.54. The smallest absolute Gasteiger partial charge is 0.207 e. The molecule has 0 saturated heterocycles. The van der Waals surface area contributed by atoms with E-state index in [2.05, 4.69) is 20.4 Å². The fourth-order valence-corrected chi connectivity index (χ4v) is 2.61. The number of nitrogens with zero attached hydrogens (tertiary/aromatic N) is 3. The van der Waals surface area contributed by atoms with Gasteiger partial charge in [0.15, 0.2) is 11.3 Å². The zero-order valence-electron chi connectivity index (χ0n) is 13.1. The van der Waals surface area contributed by atoms with E-state index >= 15 is 0 Å². The number of rotatable bonds is 4. The quantitative estimate of drug-likeness (QED) is 0.597. The average molecular weight is 335 g/mol. The Morgan fingerprint density at radius 1 is 1.00 bits per heavy atom. The van der Waals surface area contributed by atoms with Crippen molar-refractivity contribution in [3.8, 4) is 16.9 Å². The summed E-state index contributed by atoms with van der Waals surface area (Å²) in [5.74, 6) is 0.553. The van der Waals surface area contributed by atoms with Crippen LogP contribution in [0.15, 0.2) is 54.6 Å². The number of benzene rings is 2. The number of hydrogen-bond acceptors (Lipinski definition) is 5. The predicted molar refractivity (Wildman–Crippen MR) is 92.3 cm³/mol. The summed E-state index contributed by atoms with van der Waals surface area (Å²) in [4.78, 5) is 4.07. The first-order chi connectivity index (χ1) is 12.2. The van der Waals surface area contributed by atoms with E-state index in [9.17, 15) is 4.39 Å². The molecule has 0 saturated carbocycles. The van der Waals surface area contributed by atoms with Crippen molar-refractivity contribution in [2.75, 3.05) is 5.73 Å². The van der Waals surface area contributed by atoms with Gasteiger partial charge in [0.25, 0.3) is 0 Å². The predicted octanol–water partition coefficient (Wildman–Crippen LogP) is 3.32. The van der Waals surface area contributed by atoms with Crippen LogP contribution in [0.4, 0.5) is 10.2 Å². The van der Waals surface area contributed by atoms with Crippen LogP contribution in [0.5, 0.6) is 5.75 Å². The van der Waals surface area contributed by atoms with Crippen molar-refractivity contribution in [3.05, 3.63) is 66.0 Å². The van der Waals surface area contributed by atoms with Crippen LogP contribution < -0.4 is 10.5 Å². The number of nitrogens with one attached hydrogen (secondary N) is 1. The van der Waals surface area contributed by atoms with Crippen LogP contribution in [0.2, 0.25) is 0 Å². The Morgan fingerprint density at radius 3 is 2.64 bits per heavy atom. The summed E-state index contributed by atoms with van der Waals surface area (Å²) in [6.45, 7) is 0.314. The van der Waals surface area contributed by atoms with Crippen molar-refractivity contribution in [1.29, 1.82) is 0 Å². The van der Waals surface area contributed by atoms with Gasteiger partial charge in [-0.2, -0.15) is 10.3 Å². The SMILES string of the molecule is Nc1cc(OCc2cccc(-c3cccc(F)c3)c2)c2n[nH]nc2n1. The van der Waals surface area contributed by atoms with E-state index in [0.717, 1.165) is 16.7 Å². The minimum absolute atomic E-state index is 0.264. The number of nitrogens with two attached hydrogens (primary N) is 1. The number of aromatic nitrogens is 4. The highest BCUT2D eigenvalue weighted by Gasteiger charge is 2.10. The molecule has 0 fully saturated rings. The Balaban J connectivity index is 1.59. The summed E-state index contributed by atoms with van der Waals surface area (Å²) in [6.07, 6.45) is 0. The van der Waals surface area contributed by atoms with Crippen LogP contribution >= 0.6 is 0 Å². The molecule has 25 heavy (non-hydrogen) atoms. The molecule has 0 amide bonds. The van der Waals surface area contributed by atoms with Gasteiger partial charge in [0.1, 0.15) is 18.2 Å². The van der Waals surface area contributed by atoms with Gasteiger partial charge < -0.3 is 10.5 Å². The maximum Gasteiger partial charge on any atom is 0.207 e. The first-order valence-corrected chi connectivity index (χ1v) is 7.64. The molecule has 0 radical (unpaired) electrons. The number of ether oxygens (including phenoxy) is 1. The molecule has 0 atom stereocenters. The standard InChI is InChI=1S/C18H14FN5O/c19-14-6-2-5-13(8-14)12-4-1-3-11(7-12)10-25-15-9-16(20)21-18-17(15)22-24-23-18/h1-9H,10H2,(H3,20,21,22,23,24). The van der Waals surface area contributed by atoms with Crippen molar-refractivity contribution in [1.82, 2.24) is 20.4 Å². The summed E-state index contributed by atoms with van der Waals surface area (Å²) in [7, 11) is 0. The monoisotopic (exact) mass is 335 g/mol. The molecule has 2 aromatic carbocycles. The Hall–Kier alpha value is -3.48. The first-order valence-electron chi connectivity index (χ1n) is 7.64. The molecule has 2 heterocycles. The largest absolute Gasteiger partial charge is 0.486 e. The van der Waals surface area contributed by atoms with Crippen molar-refractivity contribution >= 4 is 17.0 Å². The number of fused-ring (bicyclic) bond motifs is 1. The van der Waals surface area contributed by atoms with Crippen LogP contribution in [-0.4, -0.2) is 20.4 Å². The second-order valence-electron chi connectivity index (χ2n) is 5.54.